The summed E-state index contributed by atoms with van der Waals surface area (Å²) in [6.45, 7) is 2.94. The van der Waals surface area contributed by atoms with Gasteiger partial charge in [-0.05, 0) is 24.6 Å². The van der Waals surface area contributed by atoms with Crippen molar-refractivity contribution in [2.75, 3.05) is 44.8 Å². The molecule has 8 nitrogen and oxygen atoms in total. The van der Waals surface area contributed by atoms with Crippen LogP contribution in [0.15, 0.2) is 30.6 Å². The zero-order chi connectivity index (χ0) is 18.7. The summed E-state index contributed by atoms with van der Waals surface area (Å²) in [5.41, 5.74) is -0.0878. The van der Waals surface area contributed by atoms with Gasteiger partial charge in [0.05, 0.1) is 26.4 Å². The highest BCUT2D eigenvalue weighted by Crippen LogP contribution is 2.33. The Hall–Kier alpha value is -2.52. The number of amides is 1. The van der Waals surface area contributed by atoms with Crippen LogP contribution in [0.1, 0.15) is 16.9 Å². The van der Waals surface area contributed by atoms with E-state index in [-0.39, 0.29) is 23.5 Å². The summed E-state index contributed by atoms with van der Waals surface area (Å²) in [4.78, 5) is 18.4. The minimum atomic E-state index is -0.540. The molecule has 2 N–H and O–H groups in total. The standard InChI is InChI=1S/C18H22FN5O3/c19-14-2-1-4-20-16(14)21-9-13-8-18(27-10-13)11-24(6-7-26-12-18)17(25)15-3-5-22-23-15/h1-5,13H,6-12H2,(H,20,21)(H,22,23)/t13-,18-/m0/s1. The molecule has 4 heterocycles. The normalized spacial score (nSPS) is 25.5. The molecule has 1 spiro atoms. The van der Waals surface area contributed by atoms with Gasteiger partial charge >= 0.3 is 0 Å². The van der Waals surface area contributed by atoms with Gasteiger partial charge in [0, 0.05) is 31.4 Å². The predicted molar refractivity (Wildman–Crippen MR) is 94.8 cm³/mol. The molecule has 0 aromatic carbocycles. The average Bonchev–Trinajstić information content (AvgIpc) is 3.29. The lowest BCUT2D eigenvalue weighted by Gasteiger charge is -2.31. The van der Waals surface area contributed by atoms with E-state index in [1.165, 1.54) is 6.07 Å². The largest absolute Gasteiger partial charge is 0.377 e. The lowest BCUT2D eigenvalue weighted by atomic mass is 9.94. The molecule has 9 heteroatoms. The van der Waals surface area contributed by atoms with E-state index in [9.17, 15) is 9.18 Å². The fourth-order valence-corrected chi connectivity index (χ4v) is 3.66. The Morgan fingerprint density at radius 2 is 2.37 bits per heavy atom. The second-order valence-electron chi connectivity index (χ2n) is 7.03. The van der Waals surface area contributed by atoms with E-state index in [2.05, 4.69) is 20.5 Å². The first-order valence-electron chi connectivity index (χ1n) is 9.00. The molecule has 0 aliphatic carbocycles. The molecule has 4 rings (SSSR count). The van der Waals surface area contributed by atoms with Gasteiger partial charge in [0.1, 0.15) is 11.3 Å². The van der Waals surface area contributed by atoms with Crippen LogP contribution in [0.4, 0.5) is 10.2 Å². The van der Waals surface area contributed by atoms with Crippen molar-refractivity contribution in [2.24, 2.45) is 5.92 Å². The SMILES string of the molecule is O=C(c1ccn[nH]1)N1CCOC[C@]2(C[C@@H](CNc3ncccc3F)CO2)C1. The van der Waals surface area contributed by atoms with Gasteiger partial charge in [0.15, 0.2) is 11.6 Å². The molecule has 1 amide bonds. The molecule has 144 valence electrons. The number of carbonyl (C=O) groups excluding carboxylic acids is 1. The lowest BCUT2D eigenvalue weighted by molar-refractivity contribution is -0.0538. The summed E-state index contributed by atoms with van der Waals surface area (Å²) in [5.74, 6) is -0.0674. The molecular weight excluding hydrogens is 353 g/mol. The Morgan fingerprint density at radius 1 is 1.44 bits per heavy atom. The molecule has 2 aromatic rings. The molecule has 2 atom stereocenters. The van der Waals surface area contributed by atoms with Crippen LogP contribution in [-0.2, 0) is 9.47 Å². The van der Waals surface area contributed by atoms with Gasteiger partial charge < -0.3 is 19.7 Å². The third-order valence-electron chi connectivity index (χ3n) is 4.97. The van der Waals surface area contributed by atoms with E-state index < -0.39 is 5.60 Å². The van der Waals surface area contributed by atoms with Crippen molar-refractivity contribution < 1.29 is 18.7 Å². The number of hydrogen-bond donors (Lipinski definition) is 2. The maximum absolute atomic E-state index is 13.7. The molecule has 2 saturated heterocycles. The first-order valence-corrected chi connectivity index (χ1v) is 9.00. The quantitative estimate of drug-likeness (QED) is 0.837. The topological polar surface area (TPSA) is 92.4 Å². The Bertz CT molecular complexity index is 787. The van der Waals surface area contributed by atoms with Crippen LogP contribution in [0.5, 0.6) is 0 Å². The molecule has 2 aliphatic heterocycles. The highest BCUT2D eigenvalue weighted by atomic mass is 19.1. The number of aromatic nitrogens is 3. The summed E-state index contributed by atoms with van der Waals surface area (Å²) < 4.78 is 25.5. The number of nitrogens with zero attached hydrogens (tertiary/aromatic N) is 3. The number of H-pyrrole nitrogens is 1. The third kappa shape index (κ3) is 3.93. The Labute approximate surface area is 156 Å². The second kappa shape index (κ2) is 7.61. The highest BCUT2D eigenvalue weighted by Gasteiger charge is 2.44. The van der Waals surface area contributed by atoms with Crippen molar-refractivity contribution in [3.8, 4) is 0 Å². The maximum atomic E-state index is 13.7. The zero-order valence-corrected chi connectivity index (χ0v) is 14.9. The van der Waals surface area contributed by atoms with Crippen LogP contribution in [0.3, 0.4) is 0 Å². The minimum absolute atomic E-state index is 0.113. The van der Waals surface area contributed by atoms with E-state index in [1.54, 1.807) is 29.4 Å². The smallest absolute Gasteiger partial charge is 0.272 e. The predicted octanol–water partition coefficient (Wildman–Crippen LogP) is 1.30. The molecule has 0 bridgehead atoms. The number of ether oxygens (including phenoxy) is 2. The van der Waals surface area contributed by atoms with Gasteiger partial charge in [-0.25, -0.2) is 9.37 Å². The summed E-state index contributed by atoms with van der Waals surface area (Å²) in [6.07, 6.45) is 3.83. The van der Waals surface area contributed by atoms with Gasteiger partial charge in [-0.3, -0.25) is 9.89 Å². The van der Waals surface area contributed by atoms with Crippen LogP contribution in [0, 0.1) is 11.7 Å². The number of halogens is 1. The Kier molecular flexibility index (Phi) is 5.04. The van der Waals surface area contributed by atoms with Crippen molar-refractivity contribution in [2.45, 2.75) is 12.0 Å². The molecule has 2 aliphatic rings. The Morgan fingerprint density at radius 3 is 3.19 bits per heavy atom. The molecule has 0 unspecified atom stereocenters. The first kappa shape index (κ1) is 17.9. The summed E-state index contributed by atoms with van der Waals surface area (Å²) in [6, 6.07) is 4.59. The van der Waals surface area contributed by atoms with E-state index in [0.29, 0.717) is 45.1 Å². The van der Waals surface area contributed by atoms with Gasteiger partial charge in [-0.1, -0.05) is 0 Å². The van der Waals surface area contributed by atoms with Crippen LogP contribution < -0.4 is 5.32 Å². The minimum Gasteiger partial charge on any atom is -0.377 e. The molecule has 27 heavy (non-hydrogen) atoms. The van der Waals surface area contributed by atoms with E-state index >= 15 is 0 Å². The first-order chi connectivity index (χ1) is 13.2. The van der Waals surface area contributed by atoms with E-state index in [0.717, 1.165) is 6.42 Å². The average molecular weight is 375 g/mol. The van der Waals surface area contributed by atoms with Crippen LogP contribution in [0.2, 0.25) is 0 Å². The van der Waals surface area contributed by atoms with Crippen molar-refractivity contribution in [1.82, 2.24) is 20.1 Å². The maximum Gasteiger partial charge on any atom is 0.272 e. The van der Waals surface area contributed by atoms with Gasteiger partial charge in [-0.15, -0.1) is 0 Å². The summed E-state index contributed by atoms with van der Waals surface area (Å²) in [5, 5.41) is 9.60. The fourth-order valence-electron chi connectivity index (χ4n) is 3.66. The van der Waals surface area contributed by atoms with E-state index in [1.807, 2.05) is 0 Å². The number of pyridine rings is 1. The number of aromatic amines is 1. The monoisotopic (exact) mass is 375 g/mol. The van der Waals surface area contributed by atoms with Gasteiger partial charge in [0.2, 0.25) is 0 Å². The van der Waals surface area contributed by atoms with Crippen LogP contribution >= 0.6 is 0 Å². The molecule has 2 aromatic heterocycles. The van der Waals surface area contributed by atoms with E-state index in [4.69, 9.17) is 9.47 Å². The van der Waals surface area contributed by atoms with Crippen LogP contribution in [0.25, 0.3) is 0 Å². The van der Waals surface area contributed by atoms with Gasteiger partial charge in [-0.2, -0.15) is 5.10 Å². The van der Waals surface area contributed by atoms with Crippen molar-refractivity contribution >= 4 is 11.7 Å². The zero-order valence-electron chi connectivity index (χ0n) is 14.9. The Balaban J connectivity index is 1.39. The molecule has 0 saturated carbocycles. The fraction of sp³-hybridized carbons (Fsp3) is 0.500. The summed E-state index contributed by atoms with van der Waals surface area (Å²) in [7, 11) is 0. The third-order valence-corrected chi connectivity index (χ3v) is 4.97. The van der Waals surface area contributed by atoms with Crippen molar-refractivity contribution in [3.05, 3.63) is 42.1 Å². The lowest BCUT2D eigenvalue weighted by Crippen LogP contribution is -2.46. The number of anilines is 1. The molecule has 0 radical (unpaired) electrons. The molecule has 2 fully saturated rings. The number of nitrogens with one attached hydrogen (secondary N) is 2. The van der Waals surface area contributed by atoms with Gasteiger partial charge in [0.25, 0.3) is 5.91 Å². The van der Waals surface area contributed by atoms with Crippen molar-refractivity contribution in [1.29, 1.82) is 0 Å². The number of hydrogen-bond acceptors (Lipinski definition) is 6. The van der Waals surface area contributed by atoms with Crippen molar-refractivity contribution in [3.63, 3.8) is 0 Å². The number of rotatable bonds is 4. The second-order valence-corrected chi connectivity index (χ2v) is 7.03. The van der Waals surface area contributed by atoms with Crippen LogP contribution in [-0.4, -0.2) is 71.0 Å². The number of carbonyl (C=O) groups is 1. The molecular formula is C18H22FN5O3. The highest BCUT2D eigenvalue weighted by molar-refractivity contribution is 5.92. The summed E-state index contributed by atoms with van der Waals surface area (Å²) >= 11 is 0.